The SMILES string of the molecule is CC[C@H](C)[C@H](NC(=O)[C@H](Cc1cnc[nH]1)NC(=O)[C@H](CO)NC(=O)[C@H](CC(N)=O)NC(=O)[C@H](Cc1c[nH]c2ccccc12)NC(=O)[C@@H]1CCCN1C(=O)[C@H](C)NC(=O)[C@@H](N)CS)C(=O)N[C@@H](CS)C(=O)O. The zero-order chi connectivity index (χ0) is 52.5. The largest absolute Gasteiger partial charge is 0.480 e. The smallest absolute Gasteiger partial charge is 0.327 e. The Morgan fingerprint density at radius 2 is 1.41 bits per heavy atom. The molecule has 1 saturated heterocycles. The van der Waals surface area contributed by atoms with Gasteiger partial charge in [-0.05, 0) is 37.3 Å². The second-order valence-electron chi connectivity index (χ2n) is 17.1. The Kier molecular flexibility index (Phi) is 21.7. The van der Waals surface area contributed by atoms with Gasteiger partial charge in [0.2, 0.25) is 53.2 Å². The highest BCUT2D eigenvalue weighted by atomic mass is 32.1. The number of imidazole rings is 1. The van der Waals surface area contributed by atoms with Gasteiger partial charge in [-0.1, -0.05) is 38.5 Å². The molecule has 4 rings (SSSR count). The molecule has 3 heterocycles. The highest BCUT2D eigenvalue weighted by Gasteiger charge is 2.40. The van der Waals surface area contributed by atoms with E-state index < -0.39 is 132 Å². The minimum Gasteiger partial charge on any atom is -0.480 e. The van der Waals surface area contributed by atoms with E-state index in [1.807, 2.05) is 0 Å². The Balaban J connectivity index is 1.56. The van der Waals surface area contributed by atoms with Gasteiger partial charge >= 0.3 is 5.97 Å². The molecule has 0 unspecified atom stereocenters. The Hall–Kier alpha value is -6.71. The van der Waals surface area contributed by atoms with Crippen molar-refractivity contribution >= 4 is 95.3 Å². The van der Waals surface area contributed by atoms with E-state index in [-0.39, 0.29) is 37.3 Å². The van der Waals surface area contributed by atoms with Gasteiger partial charge in [0.1, 0.15) is 48.3 Å². The molecule has 1 aliphatic rings. The Labute approximate surface area is 419 Å². The number of para-hydroxylation sites is 1. The van der Waals surface area contributed by atoms with Crippen LogP contribution in [0.25, 0.3) is 10.9 Å². The van der Waals surface area contributed by atoms with Crippen molar-refractivity contribution in [2.75, 3.05) is 24.7 Å². The van der Waals surface area contributed by atoms with Crippen LogP contribution in [0.3, 0.4) is 0 Å². The molecule has 0 aliphatic carbocycles. The van der Waals surface area contributed by atoms with Crippen molar-refractivity contribution in [1.82, 2.24) is 57.1 Å². The lowest BCUT2D eigenvalue weighted by Gasteiger charge is -2.29. The molecule has 15 N–H and O–H groups in total. The molecule has 0 radical (unpaired) electrons. The average molecular weight is 1030 g/mol. The normalized spacial score (nSPS) is 17.2. The number of carboxylic acids is 1. The van der Waals surface area contributed by atoms with E-state index in [4.69, 9.17) is 11.5 Å². The third-order valence-electron chi connectivity index (χ3n) is 11.9. The maximum Gasteiger partial charge on any atom is 0.327 e. The number of primary amides is 1. The lowest BCUT2D eigenvalue weighted by atomic mass is 9.97. The zero-order valence-corrected chi connectivity index (χ0v) is 41.1. The molecule has 25 nitrogen and oxygen atoms in total. The van der Waals surface area contributed by atoms with Gasteiger partial charge in [-0.3, -0.25) is 43.2 Å². The van der Waals surface area contributed by atoms with Crippen LogP contribution in [-0.4, -0.2) is 168 Å². The first-order valence-electron chi connectivity index (χ1n) is 22.8. The number of aliphatic hydroxyl groups is 1. The highest BCUT2D eigenvalue weighted by Crippen LogP contribution is 2.22. The number of carbonyl (C=O) groups excluding carboxylic acids is 9. The van der Waals surface area contributed by atoms with E-state index in [0.29, 0.717) is 35.0 Å². The quantitative estimate of drug-likeness (QED) is 0.0327. The Bertz CT molecular complexity index is 2390. The van der Waals surface area contributed by atoms with Crippen LogP contribution in [0, 0.1) is 5.92 Å². The molecule has 10 atom stereocenters. The number of rotatable bonds is 27. The summed E-state index contributed by atoms with van der Waals surface area (Å²) in [6.45, 7) is 3.91. The molecule has 388 valence electrons. The lowest BCUT2D eigenvalue weighted by Crippen LogP contribution is -2.62. The predicted octanol–water partition coefficient (Wildman–Crippen LogP) is -3.73. The Morgan fingerprint density at radius 3 is 2.03 bits per heavy atom. The summed E-state index contributed by atoms with van der Waals surface area (Å²) < 4.78 is 0. The molecular weight excluding hydrogens is 967 g/mol. The minimum absolute atomic E-state index is 0.0235. The number of aromatic amines is 2. The van der Waals surface area contributed by atoms with Crippen molar-refractivity contribution in [3.63, 3.8) is 0 Å². The van der Waals surface area contributed by atoms with Gasteiger partial charge in [-0.15, -0.1) is 0 Å². The van der Waals surface area contributed by atoms with E-state index in [1.54, 1.807) is 44.3 Å². The standard InChI is InChI=1S/C44H63N13O12S2/c1-4-21(2)35(42(66)55-32(19-71)44(68)69)56-39(63)29(13-24-16-47-20-49-24)51-40(64)31(17-58)54-38(62)30(14-34(46)59)52-37(61)28(12-23-15-48-27-9-6-5-8-25(23)27)53-41(65)33-10-7-11-57(33)43(67)22(3)50-36(60)26(45)18-70/h5-6,8-9,15-16,20-22,26,28-33,35,48,58,70-71H,4,7,10-14,17-19,45H2,1-3H3,(H2,46,59)(H,47,49)(H,50,60)(H,51,64)(H,52,61)(H,53,65)(H,54,62)(H,55,66)(H,56,63)(H,68,69)/t21-,22-,26-,28-,29-,30-,31-,32-,33-,35-/m0/s1. The average Bonchev–Trinajstić information content (AvgIpc) is 4.14. The maximum absolute atomic E-state index is 14.3. The van der Waals surface area contributed by atoms with Gasteiger partial charge < -0.3 is 73.8 Å². The number of amides is 9. The van der Waals surface area contributed by atoms with Gasteiger partial charge in [0.05, 0.1) is 25.4 Å². The van der Waals surface area contributed by atoms with Gasteiger partial charge in [0.15, 0.2) is 0 Å². The second-order valence-corrected chi connectivity index (χ2v) is 17.8. The van der Waals surface area contributed by atoms with Gasteiger partial charge in [-0.2, -0.15) is 25.3 Å². The molecule has 1 aliphatic heterocycles. The van der Waals surface area contributed by atoms with Crippen LogP contribution in [0.4, 0.5) is 0 Å². The molecule has 0 saturated carbocycles. The molecule has 1 fully saturated rings. The van der Waals surface area contributed by atoms with Crippen molar-refractivity contribution in [3.8, 4) is 0 Å². The summed E-state index contributed by atoms with van der Waals surface area (Å²) in [6, 6.07) is -5.24. The first kappa shape index (κ1) is 56.9. The summed E-state index contributed by atoms with van der Waals surface area (Å²) in [6.07, 6.45) is 4.03. The topological polar surface area (TPSA) is 395 Å². The number of hydrogen-bond acceptors (Lipinski definition) is 15. The van der Waals surface area contributed by atoms with Crippen molar-refractivity contribution in [2.45, 2.75) is 114 Å². The van der Waals surface area contributed by atoms with Crippen molar-refractivity contribution in [1.29, 1.82) is 0 Å². The summed E-state index contributed by atoms with van der Waals surface area (Å²) in [5.41, 5.74) is 12.9. The van der Waals surface area contributed by atoms with Crippen LogP contribution >= 0.6 is 25.3 Å². The van der Waals surface area contributed by atoms with E-state index >= 15 is 0 Å². The van der Waals surface area contributed by atoms with Crippen LogP contribution in [0.2, 0.25) is 0 Å². The van der Waals surface area contributed by atoms with E-state index in [0.717, 1.165) is 0 Å². The predicted molar refractivity (Wildman–Crippen MR) is 262 cm³/mol. The number of likely N-dealkylation sites (tertiary alicyclic amines) is 1. The fourth-order valence-corrected chi connectivity index (χ4v) is 8.08. The van der Waals surface area contributed by atoms with E-state index in [9.17, 15) is 58.2 Å². The third kappa shape index (κ3) is 15.9. The van der Waals surface area contributed by atoms with E-state index in [2.05, 4.69) is 77.4 Å². The van der Waals surface area contributed by atoms with Crippen molar-refractivity contribution < 1.29 is 58.2 Å². The zero-order valence-electron chi connectivity index (χ0n) is 39.3. The van der Waals surface area contributed by atoms with Crippen LogP contribution in [-0.2, 0) is 60.8 Å². The fraction of sp³-hybridized carbons (Fsp3) is 0.523. The van der Waals surface area contributed by atoms with Crippen LogP contribution in [0.15, 0.2) is 43.0 Å². The summed E-state index contributed by atoms with van der Waals surface area (Å²) in [7, 11) is 0. The number of carbonyl (C=O) groups is 10. The minimum atomic E-state index is -1.82. The van der Waals surface area contributed by atoms with Crippen molar-refractivity contribution in [3.05, 3.63) is 54.2 Å². The first-order valence-corrected chi connectivity index (χ1v) is 24.0. The van der Waals surface area contributed by atoms with Gasteiger partial charge in [0.25, 0.3) is 0 Å². The number of nitrogens with zero attached hydrogens (tertiary/aromatic N) is 2. The van der Waals surface area contributed by atoms with Crippen molar-refractivity contribution in [2.24, 2.45) is 17.4 Å². The van der Waals surface area contributed by atoms with Gasteiger partial charge in [-0.25, -0.2) is 9.78 Å². The number of benzene rings is 1. The number of fused-ring (bicyclic) bond motifs is 1. The number of nitrogens with two attached hydrogens (primary N) is 2. The fourth-order valence-electron chi connectivity index (χ4n) is 7.66. The van der Waals surface area contributed by atoms with Crippen LogP contribution < -0.4 is 48.7 Å². The molecule has 27 heteroatoms. The number of nitrogens with one attached hydrogen (secondary N) is 9. The van der Waals surface area contributed by atoms with Crippen LogP contribution in [0.1, 0.15) is 57.7 Å². The summed E-state index contributed by atoms with van der Waals surface area (Å²) in [5.74, 6) is -10.1. The number of aliphatic hydroxyl groups excluding tert-OH is 1. The number of thiol groups is 2. The number of aliphatic carboxylic acids is 1. The monoisotopic (exact) mass is 1030 g/mol. The third-order valence-corrected chi connectivity index (χ3v) is 12.6. The molecule has 3 aromatic rings. The number of aromatic nitrogens is 3. The number of H-pyrrole nitrogens is 2. The number of hydrogen-bond donors (Lipinski definition) is 15. The lowest BCUT2D eigenvalue weighted by molar-refractivity contribution is -0.142. The maximum atomic E-state index is 14.3. The van der Waals surface area contributed by atoms with E-state index in [1.165, 1.54) is 24.3 Å². The Morgan fingerprint density at radius 1 is 0.789 bits per heavy atom. The van der Waals surface area contributed by atoms with Gasteiger partial charge in [0, 0.05) is 59.9 Å². The summed E-state index contributed by atoms with van der Waals surface area (Å²) >= 11 is 7.99. The van der Waals surface area contributed by atoms with Crippen LogP contribution in [0.5, 0.6) is 0 Å². The molecule has 0 bridgehead atoms. The second kappa shape index (κ2) is 27.0. The highest BCUT2D eigenvalue weighted by molar-refractivity contribution is 7.80. The molecule has 9 amide bonds. The summed E-state index contributed by atoms with van der Waals surface area (Å²) in [5, 5.41) is 37.8. The summed E-state index contributed by atoms with van der Waals surface area (Å²) in [4.78, 5) is 144. The molecule has 1 aromatic carbocycles. The molecule has 71 heavy (non-hydrogen) atoms. The molecule has 2 aromatic heterocycles. The number of carboxylic acid groups (broad SMARTS) is 1. The molecular formula is C44H63N13O12S2. The first-order chi connectivity index (χ1) is 33.7. The molecule has 0 spiro atoms.